The van der Waals surface area contributed by atoms with Crippen LogP contribution in [0, 0.1) is 0 Å². The van der Waals surface area contributed by atoms with Crippen LogP contribution in [0.1, 0.15) is 24.9 Å². The number of hydrogen-bond donors (Lipinski definition) is 2. The number of phenols is 1. The van der Waals surface area contributed by atoms with Crippen LogP contribution >= 0.6 is 0 Å². The Hall–Kier alpha value is -1.47. The average molecular weight is 318 g/mol. The Morgan fingerprint density at radius 1 is 1.32 bits per heavy atom. The minimum atomic E-state index is -4.25. The summed E-state index contributed by atoms with van der Waals surface area (Å²) in [5.41, 5.74) is 0.514. The van der Waals surface area contributed by atoms with Gasteiger partial charge in [0.2, 0.25) is 0 Å². The largest absolute Gasteiger partial charge is 0.504 e. The molecule has 7 heteroatoms. The summed E-state index contributed by atoms with van der Waals surface area (Å²) in [6.07, 6.45) is -5.16. The highest BCUT2D eigenvalue weighted by Gasteiger charge is 2.36. The van der Waals surface area contributed by atoms with E-state index in [-0.39, 0.29) is 11.5 Å². The van der Waals surface area contributed by atoms with Crippen molar-refractivity contribution in [3.63, 3.8) is 0 Å². The number of phenolic OH excluding ortho intramolecular Hbond substituents is 1. The zero-order chi connectivity index (χ0) is 16.2. The van der Waals surface area contributed by atoms with Gasteiger partial charge in [-0.25, -0.2) is 0 Å². The Morgan fingerprint density at radius 3 is 2.59 bits per heavy atom. The predicted molar refractivity (Wildman–Crippen MR) is 77.1 cm³/mol. The average Bonchev–Trinajstić information content (AvgIpc) is 2.47. The molecule has 1 aromatic rings. The highest BCUT2D eigenvalue weighted by Crippen LogP contribution is 2.37. The van der Waals surface area contributed by atoms with Crippen LogP contribution in [0.5, 0.6) is 11.5 Å². The molecule has 0 unspecified atom stereocenters. The van der Waals surface area contributed by atoms with E-state index in [1.54, 1.807) is 6.92 Å². The first kappa shape index (κ1) is 16.9. The monoisotopic (exact) mass is 318 g/mol. The topological polar surface area (TPSA) is 44.7 Å². The lowest BCUT2D eigenvalue weighted by molar-refractivity contribution is -0.148. The molecule has 1 saturated heterocycles. The molecule has 0 spiro atoms. The van der Waals surface area contributed by atoms with Gasteiger partial charge in [0, 0.05) is 32.2 Å². The number of ether oxygens (including phenoxy) is 1. The second-order valence-corrected chi connectivity index (χ2v) is 5.28. The van der Waals surface area contributed by atoms with Crippen molar-refractivity contribution in [2.75, 3.05) is 32.8 Å². The molecule has 22 heavy (non-hydrogen) atoms. The van der Waals surface area contributed by atoms with Crippen LogP contribution in [0.25, 0.3) is 0 Å². The Morgan fingerprint density at radius 2 is 2.00 bits per heavy atom. The lowest BCUT2D eigenvalue weighted by atomic mass is 10.00. The Labute approximate surface area is 127 Å². The number of nitrogens with zero attached hydrogens (tertiary/aromatic N) is 1. The van der Waals surface area contributed by atoms with Crippen molar-refractivity contribution in [1.82, 2.24) is 10.2 Å². The van der Waals surface area contributed by atoms with Gasteiger partial charge in [-0.2, -0.15) is 13.2 Å². The first-order chi connectivity index (χ1) is 10.4. The molecule has 2 rings (SSSR count). The summed E-state index contributed by atoms with van der Waals surface area (Å²) in [7, 11) is 0. The molecule has 0 bridgehead atoms. The molecule has 0 saturated carbocycles. The van der Waals surface area contributed by atoms with Gasteiger partial charge < -0.3 is 15.2 Å². The fourth-order valence-corrected chi connectivity index (χ4v) is 2.68. The molecule has 1 aliphatic rings. The molecule has 1 aromatic carbocycles. The van der Waals surface area contributed by atoms with E-state index in [1.165, 1.54) is 18.2 Å². The summed E-state index contributed by atoms with van der Waals surface area (Å²) in [5, 5.41) is 12.9. The molecule has 1 atom stereocenters. The van der Waals surface area contributed by atoms with Crippen molar-refractivity contribution < 1.29 is 23.0 Å². The molecule has 0 amide bonds. The minimum absolute atomic E-state index is 0.0586. The van der Waals surface area contributed by atoms with Crippen molar-refractivity contribution in [2.45, 2.75) is 25.6 Å². The van der Waals surface area contributed by atoms with Gasteiger partial charge in [-0.05, 0) is 24.6 Å². The van der Waals surface area contributed by atoms with Crippen LogP contribution in [-0.2, 0) is 0 Å². The standard InChI is InChI=1S/C15H21F3N2O2/c1-2-22-14-9-11(3-4-13(14)21)12(10-15(16,17)18)20-7-5-19-6-8-20/h3-4,9,12,19,21H,2,5-8,10H2,1H3/t12-/m1/s1. The summed E-state index contributed by atoms with van der Waals surface area (Å²) in [6.45, 7) is 4.57. The molecule has 0 radical (unpaired) electrons. The molecule has 124 valence electrons. The van der Waals surface area contributed by atoms with E-state index >= 15 is 0 Å². The molecule has 1 aliphatic heterocycles. The highest BCUT2D eigenvalue weighted by atomic mass is 19.4. The molecule has 4 nitrogen and oxygen atoms in total. The first-order valence-electron chi connectivity index (χ1n) is 7.38. The first-order valence-corrected chi connectivity index (χ1v) is 7.38. The summed E-state index contributed by atoms with van der Waals surface area (Å²) in [5.74, 6) is 0.166. The van der Waals surface area contributed by atoms with E-state index in [1.807, 2.05) is 4.90 Å². The third kappa shape index (κ3) is 4.51. The molecular formula is C15H21F3N2O2. The maximum Gasteiger partial charge on any atom is 0.390 e. The van der Waals surface area contributed by atoms with Gasteiger partial charge >= 0.3 is 6.18 Å². The maximum absolute atomic E-state index is 13.0. The second kappa shape index (κ2) is 7.19. The Balaban J connectivity index is 2.28. The fourth-order valence-electron chi connectivity index (χ4n) is 2.68. The Kier molecular flexibility index (Phi) is 5.52. The van der Waals surface area contributed by atoms with E-state index in [0.29, 0.717) is 38.3 Å². The normalized spacial score (nSPS) is 18.2. The summed E-state index contributed by atoms with van der Waals surface area (Å²) >= 11 is 0. The molecule has 1 fully saturated rings. The minimum Gasteiger partial charge on any atom is -0.504 e. The van der Waals surface area contributed by atoms with Crippen LogP contribution in [-0.4, -0.2) is 49.0 Å². The van der Waals surface area contributed by atoms with Crippen LogP contribution in [0.3, 0.4) is 0 Å². The summed E-state index contributed by atoms with van der Waals surface area (Å²) in [6, 6.07) is 3.68. The van der Waals surface area contributed by atoms with Crippen molar-refractivity contribution >= 4 is 0 Å². The maximum atomic E-state index is 13.0. The molecule has 0 aromatic heterocycles. The smallest absolute Gasteiger partial charge is 0.390 e. The van der Waals surface area contributed by atoms with Gasteiger partial charge in [-0.15, -0.1) is 0 Å². The van der Waals surface area contributed by atoms with Gasteiger partial charge in [0.1, 0.15) is 0 Å². The number of piperazine rings is 1. The fraction of sp³-hybridized carbons (Fsp3) is 0.600. The van der Waals surface area contributed by atoms with E-state index < -0.39 is 18.6 Å². The molecule has 2 N–H and O–H groups in total. The summed E-state index contributed by atoms with van der Waals surface area (Å²) in [4.78, 5) is 1.83. The van der Waals surface area contributed by atoms with Gasteiger partial charge in [0.25, 0.3) is 0 Å². The number of alkyl halides is 3. The SMILES string of the molecule is CCOc1cc([C@@H](CC(F)(F)F)N2CCNCC2)ccc1O. The predicted octanol–water partition coefficient (Wildman–Crippen LogP) is 2.69. The van der Waals surface area contributed by atoms with E-state index in [0.717, 1.165) is 0 Å². The number of nitrogens with one attached hydrogen (secondary N) is 1. The van der Waals surface area contributed by atoms with Gasteiger partial charge in [-0.1, -0.05) is 6.07 Å². The third-order valence-electron chi connectivity index (χ3n) is 3.69. The number of halogens is 3. The number of benzene rings is 1. The third-order valence-corrected chi connectivity index (χ3v) is 3.69. The van der Waals surface area contributed by atoms with E-state index in [2.05, 4.69) is 5.32 Å². The lowest BCUT2D eigenvalue weighted by Gasteiger charge is -2.35. The van der Waals surface area contributed by atoms with Crippen LogP contribution in [0.2, 0.25) is 0 Å². The zero-order valence-corrected chi connectivity index (χ0v) is 12.5. The number of hydrogen-bond acceptors (Lipinski definition) is 4. The highest BCUT2D eigenvalue weighted by molar-refractivity contribution is 5.43. The lowest BCUT2D eigenvalue weighted by Crippen LogP contribution is -2.46. The Bertz CT molecular complexity index is 488. The van der Waals surface area contributed by atoms with Crippen LogP contribution in [0.15, 0.2) is 18.2 Å². The van der Waals surface area contributed by atoms with Crippen LogP contribution < -0.4 is 10.1 Å². The van der Waals surface area contributed by atoms with Crippen molar-refractivity contribution in [3.05, 3.63) is 23.8 Å². The second-order valence-electron chi connectivity index (χ2n) is 5.28. The van der Waals surface area contributed by atoms with Crippen molar-refractivity contribution in [1.29, 1.82) is 0 Å². The number of aromatic hydroxyl groups is 1. The van der Waals surface area contributed by atoms with Crippen molar-refractivity contribution in [2.24, 2.45) is 0 Å². The zero-order valence-electron chi connectivity index (χ0n) is 12.5. The quantitative estimate of drug-likeness (QED) is 0.876. The van der Waals surface area contributed by atoms with Crippen molar-refractivity contribution in [3.8, 4) is 11.5 Å². The van der Waals surface area contributed by atoms with Gasteiger partial charge in [0.05, 0.1) is 13.0 Å². The summed E-state index contributed by atoms with van der Waals surface area (Å²) < 4.78 is 44.1. The number of rotatable bonds is 5. The molecule has 0 aliphatic carbocycles. The van der Waals surface area contributed by atoms with Gasteiger partial charge in [-0.3, -0.25) is 4.90 Å². The molecule has 1 heterocycles. The van der Waals surface area contributed by atoms with Crippen LogP contribution in [0.4, 0.5) is 13.2 Å². The van der Waals surface area contributed by atoms with E-state index in [9.17, 15) is 18.3 Å². The van der Waals surface area contributed by atoms with E-state index in [4.69, 9.17) is 4.74 Å². The molecular weight excluding hydrogens is 297 g/mol. The van der Waals surface area contributed by atoms with Gasteiger partial charge in [0.15, 0.2) is 11.5 Å².